The first kappa shape index (κ1) is 8.63. The van der Waals surface area contributed by atoms with Gasteiger partial charge in [-0.1, -0.05) is 0 Å². The number of carbonyl (C=O) groups excluding carboxylic acids is 1. The molecule has 0 spiro atoms. The minimum absolute atomic E-state index is 0.0438. The monoisotopic (exact) mass is 171 g/mol. The Balaban J connectivity index is 2.51. The maximum absolute atomic E-state index is 10.9. The van der Waals surface area contributed by atoms with Gasteiger partial charge < -0.3 is 21.8 Å². The van der Waals surface area contributed by atoms with E-state index in [-0.39, 0.29) is 11.9 Å². The van der Waals surface area contributed by atoms with Crippen molar-refractivity contribution in [2.75, 3.05) is 19.6 Å². The maximum atomic E-state index is 10.9. The summed E-state index contributed by atoms with van der Waals surface area (Å²) in [5.41, 5.74) is 5.47. The zero-order chi connectivity index (χ0) is 8.97. The molecule has 1 aliphatic rings. The normalized spacial score (nSPS) is 20.2. The molecule has 6 heteroatoms. The van der Waals surface area contributed by atoms with Crippen molar-refractivity contribution in [3.63, 3.8) is 0 Å². The molecule has 0 atom stereocenters. The summed E-state index contributed by atoms with van der Waals surface area (Å²) in [5.74, 6) is 5.33. The molecule has 1 aliphatic heterocycles. The minimum Gasteiger partial charge on any atom is -0.368 e. The van der Waals surface area contributed by atoms with Crippen LogP contribution in [0.1, 0.15) is 6.42 Å². The summed E-state index contributed by atoms with van der Waals surface area (Å²) in [7, 11) is 0. The summed E-state index contributed by atoms with van der Waals surface area (Å²) in [6, 6.07) is 0. The van der Waals surface area contributed by atoms with E-state index in [4.69, 9.17) is 11.6 Å². The lowest BCUT2D eigenvalue weighted by molar-refractivity contribution is -0.120. The van der Waals surface area contributed by atoms with Gasteiger partial charge in [-0.15, -0.1) is 5.10 Å². The maximum Gasteiger partial charge on any atom is 0.221 e. The van der Waals surface area contributed by atoms with E-state index in [1.54, 1.807) is 4.90 Å². The molecule has 0 aromatic rings. The second-order valence-corrected chi connectivity index (χ2v) is 2.57. The van der Waals surface area contributed by atoms with Crippen LogP contribution < -0.4 is 16.9 Å². The summed E-state index contributed by atoms with van der Waals surface area (Å²) in [6.07, 6.45) is 0.441. The van der Waals surface area contributed by atoms with Gasteiger partial charge in [0, 0.05) is 26.1 Å². The number of hydrogen-bond acceptors (Lipinski definition) is 3. The van der Waals surface area contributed by atoms with Crippen LogP contribution in [-0.4, -0.2) is 36.4 Å². The third-order valence-corrected chi connectivity index (χ3v) is 1.77. The van der Waals surface area contributed by atoms with Crippen LogP contribution in [0.5, 0.6) is 0 Å². The van der Waals surface area contributed by atoms with Crippen molar-refractivity contribution in [3.8, 4) is 0 Å². The molecule has 5 N–H and O–H groups in total. The molecule has 68 valence electrons. The van der Waals surface area contributed by atoms with Crippen molar-refractivity contribution in [2.45, 2.75) is 6.42 Å². The highest BCUT2D eigenvalue weighted by Crippen LogP contribution is 1.94. The number of nitrogens with two attached hydrogens (primary N) is 2. The van der Waals surface area contributed by atoms with Gasteiger partial charge in [0.05, 0.1) is 0 Å². The Morgan fingerprint density at radius 1 is 1.58 bits per heavy atom. The number of carbonyl (C=O) groups is 1. The van der Waals surface area contributed by atoms with Crippen molar-refractivity contribution in [2.24, 2.45) is 16.7 Å². The highest BCUT2D eigenvalue weighted by molar-refractivity contribution is 5.80. The molecular weight excluding hydrogens is 158 g/mol. The molecule has 6 nitrogen and oxygen atoms in total. The van der Waals surface area contributed by atoms with Gasteiger partial charge in [0.15, 0.2) is 0 Å². The average molecular weight is 171 g/mol. The Morgan fingerprint density at radius 2 is 2.33 bits per heavy atom. The first-order chi connectivity index (χ1) is 5.74. The van der Waals surface area contributed by atoms with E-state index in [1.807, 2.05) is 0 Å². The number of hydrogen-bond donors (Lipinski definition) is 3. The molecular formula is C6H13N5O. The number of rotatable bonds is 0. The first-order valence-corrected chi connectivity index (χ1v) is 3.79. The van der Waals surface area contributed by atoms with Gasteiger partial charge >= 0.3 is 0 Å². The minimum atomic E-state index is 0.0438. The highest BCUT2D eigenvalue weighted by Gasteiger charge is 2.14. The van der Waals surface area contributed by atoms with Crippen LogP contribution in [0.25, 0.3) is 0 Å². The van der Waals surface area contributed by atoms with Crippen molar-refractivity contribution < 1.29 is 4.79 Å². The van der Waals surface area contributed by atoms with Crippen LogP contribution in [0.3, 0.4) is 0 Å². The van der Waals surface area contributed by atoms with Crippen LogP contribution >= 0.6 is 0 Å². The van der Waals surface area contributed by atoms with Gasteiger partial charge in [-0.05, 0) is 0 Å². The molecule has 0 bridgehead atoms. The molecule has 1 amide bonds. The van der Waals surface area contributed by atoms with E-state index in [9.17, 15) is 4.79 Å². The van der Waals surface area contributed by atoms with E-state index < -0.39 is 0 Å². The number of nitrogens with one attached hydrogen (secondary N) is 1. The Hall–Kier alpha value is -1.46. The lowest BCUT2D eigenvalue weighted by atomic mass is 10.4. The van der Waals surface area contributed by atoms with Crippen molar-refractivity contribution in [3.05, 3.63) is 0 Å². The van der Waals surface area contributed by atoms with E-state index in [2.05, 4.69) is 10.4 Å². The SMILES string of the molecule is N/N=C(\N)N1CCNC(=O)CC1. The molecule has 1 saturated heterocycles. The van der Waals surface area contributed by atoms with E-state index in [0.29, 0.717) is 26.1 Å². The van der Waals surface area contributed by atoms with E-state index in [1.165, 1.54) is 0 Å². The number of hydrazone groups is 1. The van der Waals surface area contributed by atoms with Crippen molar-refractivity contribution >= 4 is 11.9 Å². The molecule has 1 fully saturated rings. The number of nitrogens with zero attached hydrogens (tertiary/aromatic N) is 2. The van der Waals surface area contributed by atoms with E-state index >= 15 is 0 Å². The first-order valence-electron chi connectivity index (χ1n) is 3.79. The Bertz CT molecular complexity index is 202. The van der Waals surface area contributed by atoms with Gasteiger partial charge in [0.1, 0.15) is 0 Å². The zero-order valence-corrected chi connectivity index (χ0v) is 6.79. The third kappa shape index (κ3) is 2.01. The molecule has 0 radical (unpaired) electrons. The van der Waals surface area contributed by atoms with Crippen molar-refractivity contribution in [1.29, 1.82) is 0 Å². The van der Waals surface area contributed by atoms with Crippen LogP contribution in [-0.2, 0) is 4.79 Å². The fraction of sp³-hybridized carbons (Fsp3) is 0.667. The molecule has 0 unspecified atom stereocenters. The highest BCUT2D eigenvalue weighted by atomic mass is 16.1. The van der Waals surface area contributed by atoms with Crippen LogP contribution in [0.4, 0.5) is 0 Å². The summed E-state index contributed by atoms with van der Waals surface area (Å²) in [6.45, 7) is 1.84. The second kappa shape index (κ2) is 3.80. The molecule has 0 saturated carbocycles. The summed E-state index contributed by atoms with van der Waals surface area (Å²) < 4.78 is 0. The predicted molar refractivity (Wildman–Crippen MR) is 45.0 cm³/mol. The summed E-state index contributed by atoms with van der Waals surface area (Å²) >= 11 is 0. The fourth-order valence-electron chi connectivity index (χ4n) is 1.08. The van der Waals surface area contributed by atoms with Gasteiger partial charge in [-0.3, -0.25) is 4.79 Å². The molecule has 12 heavy (non-hydrogen) atoms. The lowest BCUT2D eigenvalue weighted by Gasteiger charge is -2.18. The van der Waals surface area contributed by atoms with Gasteiger partial charge in [-0.2, -0.15) is 0 Å². The van der Waals surface area contributed by atoms with Gasteiger partial charge in [-0.25, -0.2) is 0 Å². The van der Waals surface area contributed by atoms with Crippen LogP contribution in [0.15, 0.2) is 5.10 Å². The van der Waals surface area contributed by atoms with Crippen LogP contribution in [0.2, 0.25) is 0 Å². The molecule has 0 aromatic heterocycles. The second-order valence-electron chi connectivity index (χ2n) is 2.57. The Kier molecular flexibility index (Phi) is 2.73. The lowest BCUT2D eigenvalue weighted by Crippen LogP contribution is -2.40. The largest absolute Gasteiger partial charge is 0.368 e. The smallest absolute Gasteiger partial charge is 0.221 e. The summed E-state index contributed by atoms with van der Waals surface area (Å²) in [4.78, 5) is 12.7. The number of guanidine groups is 1. The quantitative estimate of drug-likeness (QED) is 0.170. The third-order valence-electron chi connectivity index (χ3n) is 1.77. The molecule has 0 aromatic carbocycles. The number of amides is 1. The zero-order valence-electron chi connectivity index (χ0n) is 6.79. The topological polar surface area (TPSA) is 96.7 Å². The van der Waals surface area contributed by atoms with Crippen LogP contribution in [0, 0.1) is 0 Å². The average Bonchev–Trinajstić information content (AvgIpc) is 2.29. The fourth-order valence-corrected chi connectivity index (χ4v) is 1.08. The van der Waals surface area contributed by atoms with Crippen molar-refractivity contribution in [1.82, 2.24) is 10.2 Å². The van der Waals surface area contributed by atoms with Gasteiger partial charge in [0.2, 0.25) is 11.9 Å². The predicted octanol–water partition coefficient (Wildman–Crippen LogP) is -2.00. The van der Waals surface area contributed by atoms with E-state index in [0.717, 1.165) is 0 Å². The summed E-state index contributed by atoms with van der Waals surface area (Å²) in [5, 5.41) is 6.08. The Morgan fingerprint density at radius 3 is 3.00 bits per heavy atom. The molecule has 1 rings (SSSR count). The molecule has 0 aliphatic carbocycles. The molecule has 1 heterocycles. The Labute approximate surface area is 70.6 Å². The van der Waals surface area contributed by atoms with Gasteiger partial charge in [0.25, 0.3) is 0 Å². The standard InChI is InChI=1S/C6H13N5O/c7-6(10-8)11-3-1-5(12)9-2-4-11/h1-4,8H2,(H2,7,10)(H,9,12).